The minimum Gasteiger partial charge on any atom is -0.378 e. The smallest absolute Gasteiger partial charge is 0.293 e. The first-order valence-electron chi connectivity index (χ1n) is 8.64. The van der Waals surface area contributed by atoms with Gasteiger partial charge < -0.3 is 9.47 Å². The SMILES string of the molecule is CC[C@@H](C)N1C(=O)S/C(=C/c2cccn2-c2ccc(N(C)C)cc2)C1=O. The van der Waals surface area contributed by atoms with Crippen LogP contribution in [-0.4, -0.2) is 40.8 Å². The van der Waals surface area contributed by atoms with E-state index in [0.717, 1.165) is 35.3 Å². The fraction of sp³-hybridized carbons (Fsp3) is 0.300. The first-order valence-corrected chi connectivity index (χ1v) is 9.46. The largest absolute Gasteiger partial charge is 0.378 e. The third-order valence-electron chi connectivity index (χ3n) is 4.56. The molecule has 0 unspecified atom stereocenters. The van der Waals surface area contributed by atoms with E-state index >= 15 is 0 Å². The van der Waals surface area contributed by atoms with E-state index in [1.807, 2.05) is 67.9 Å². The average molecular weight is 369 g/mol. The van der Waals surface area contributed by atoms with Crippen molar-refractivity contribution < 1.29 is 9.59 Å². The average Bonchev–Trinajstić information content (AvgIpc) is 3.19. The van der Waals surface area contributed by atoms with E-state index in [2.05, 4.69) is 12.1 Å². The molecule has 6 heteroatoms. The van der Waals surface area contributed by atoms with Gasteiger partial charge in [-0.2, -0.15) is 0 Å². The lowest BCUT2D eigenvalue weighted by Gasteiger charge is -2.19. The monoisotopic (exact) mass is 369 g/mol. The number of anilines is 1. The number of amides is 2. The molecule has 2 amide bonds. The molecule has 0 N–H and O–H groups in total. The van der Waals surface area contributed by atoms with Gasteiger partial charge in [0.15, 0.2) is 0 Å². The molecule has 1 aliphatic heterocycles. The predicted molar refractivity (Wildman–Crippen MR) is 108 cm³/mol. The van der Waals surface area contributed by atoms with Gasteiger partial charge in [-0.05, 0) is 67.6 Å². The van der Waals surface area contributed by atoms with Crippen molar-refractivity contribution in [3.63, 3.8) is 0 Å². The molecule has 3 rings (SSSR count). The van der Waals surface area contributed by atoms with Gasteiger partial charge in [0.05, 0.1) is 4.91 Å². The Labute approximate surface area is 158 Å². The number of rotatable bonds is 5. The summed E-state index contributed by atoms with van der Waals surface area (Å²) < 4.78 is 2.01. The highest BCUT2D eigenvalue weighted by Crippen LogP contribution is 2.34. The molecule has 136 valence electrons. The molecular formula is C20H23N3O2S. The topological polar surface area (TPSA) is 45.6 Å². The summed E-state index contributed by atoms with van der Waals surface area (Å²) in [6, 6.07) is 12.0. The molecule has 5 nitrogen and oxygen atoms in total. The Morgan fingerprint density at radius 2 is 1.85 bits per heavy atom. The maximum atomic E-state index is 12.6. The molecular weight excluding hydrogens is 346 g/mol. The molecule has 2 heterocycles. The van der Waals surface area contributed by atoms with Crippen LogP contribution in [0.3, 0.4) is 0 Å². The van der Waals surface area contributed by atoms with Crippen molar-refractivity contribution in [1.82, 2.24) is 9.47 Å². The van der Waals surface area contributed by atoms with E-state index in [1.54, 1.807) is 6.08 Å². The molecule has 1 fully saturated rings. The summed E-state index contributed by atoms with van der Waals surface area (Å²) in [6.45, 7) is 3.87. The lowest BCUT2D eigenvalue weighted by atomic mass is 10.2. The van der Waals surface area contributed by atoms with Crippen molar-refractivity contribution >= 4 is 34.7 Å². The summed E-state index contributed by atoms with van der Waals surface area (Å²) in [5.74, 6) is -0.204. The van der Waals surface area contributed by atoms with Gasteiger partial charge in [-0.1, -0.05) is 6.92 Å². The number of aromatic nitrogens is 1. The van der Waals surface area contributed by atoms with E-state index in [1.165, 1.54) is 4.90 Å². The van der Waals surface area contributed by atoms with Gasteiger partial charge >= 0.3 is 0 Å². The molecule has 0 spiro atoms. The standard InChI is InChI=1S/C20H23N3O2S/c1-5-14(2)23-19(24)18(26-20(23)25)13-17-7-6-12-22(17)16-10-8-15(9-11-16)21(3)4/h6-14H,5H2,1-4H3/b18-13+/t14-/m1/s1. The fourth-order valence-electron chi connectivity index (χ4n) is 2.83. The van der Waals surface area contributed by atoms with E-state index in [-0.39, 0.29) is 17.2 Å². The molecule has 1 aromatic heterocycles. The van der Waals surface area contributed by atoms with E-state index in [0.29, 0.717) is 4.91 Å². The van der Waals surface area contributed by atoms with Crippen LogP contribution in [0.5, 0.6) is 0 Å². The highest BCUT2D eigenvalue weighted by atomic mass is 32.2. The normalized spacial score (nSPS) is 17.2. The molecule has 0 bridgehead atoms. The number of hydrogen-bond donors (Lipinski definition) is 0. The first kappa shape index (κ1) is 18.3. The Kier molecular flexibility index (Phi) is 5.23. The second-order valence-corrected chi connectivity index (χ2v) is 7.52. The maximum Gasteiger partial charge on any atom is 0.293 e. The van der Waals surface area contributed by atoms with E-state index in [9.17, 15) is 9.59 Å². The minimum absolute atomic E-state index is 0.0845. The van der Waals surface area contributed by atoms with Crippen LogP contribution in [0.2, 0.25) is 0 Å². The number of thioether (sulfide) groups is 1. The van der Waals surface area contributed by atoms with Crippen LogP contribution in [0.15, 0.2) is 47.5 Å². The van der Waals surface area contributed by atoms with Crippen molar-refractivity contribution in [2.24, 2.45) is 0 Å². The zero-order valence-electron chi connectivity index (χ0n) is 15.5. The van der Waals surface area contributed by atoms with Crippen LogP contribution in [0, 0.1) is 0 Å². The van der Waals surface area contributed by atoms with Crippen LogP contribution in [0.4, 0.5) is 10.5 Å². The quantitative estimate of drug-likeness (QED) is 0.734. The van der Waals surface area contributed by atoms with Gasteiger partial charge in [0.2, 0.25) is 0 Å². The molecule has 1 saturated heterocycles. The Bertz CT molecular complexity index is 852. The van der Waals surface area contributed by atoms with Gasteiger partial charge in [-0.15, -0.1) is 0 Å². The molecule has 26 heavy (non-hydrogen) atoms. The van der Waals surface area contributed by atoms with Crippen LogP contribution >= 0.6 is 11.8 Å². The zero-order valence-corrected chi connectivity index (χ0v) is 16.3. The van der Waals surface area contributed by atoms with Crippen LogP contribution < -0.4 is 4.90 Å². The van der Waals surface area contributed by atoms with Gasteiger partial charge in [0.1, 0.15) is 0 Å². The highest BCUT2D eigenvalue weighted by Gasteiger charge is 2.37. The van der Waals surface area contributed by atoms with Gasteiger partial charge in [0, 0.05) is 43.4 Å². The first-order chi connectivity index (χ1) is 12.4. The summed E-state index contributed by atoms with van der Waals surface area (Å²) in [6.07, 6.45) is 4.50. The summed E-state index contributed by atoms with van der Waals surface area (Å²) >= 11 is 1.01. The molecule has 1 atom stereocenters. The lowest BCUT2D eigenvalue weighted by Crippen LogP contribution is -2.36. The number of carbonyl (C=O) groups is 2. The van der Waals surface area contributed by atoms with Gasteiger partial charge in [-0.3, -0.25) is 14.5 Å². The van der Waals surface area contributed by atoms with E-state index in [4.69, 9.17) is 0 Å². The van der Waals surface area contributed by atoms with Crippen molar-refractivity contribution in [2.75, 3.05) is 19.0 Å². The number of nitrogens with zero attached hydrogens (tertiary/aromatic N) is 3. The fourth-order valence-corrected chi connectivity index (χ4v) is 3.75. The highest BCUT2D eigenvalue weighted by molar-refractivity contribution is 8.18. The minimum atomic E-state index is -0.204. The number of carbonyl (C=O) groups excluding carboxylic acids is 2. The second kappa shape index (κ2) is 7.41. The molecule has 1 aliphatic rings. The molecule has 1 aromatic carbocycles. The summed E-state index contributed by atoms with van der Waals surface area (Å²) in [4.78, 5) is 28.7. The Morgan fingerprint density at radius 3 is 2.46 bits per heavy atom. The van der Waals surface area contributed by atoms with Crippen molar-refractivity contribution in [3.8, 4) is 5.69 Å². The third-order valence-corrected chi connectivity index (χ3v) is 5.44. The Morgan fingerprint density at radius 1 is 1.15 bits per heavy atom. The second-order valence-electron chi connectivity index (χ2n) is 6.52. The summed E-state index contributed by atoms with van der Waals surface area (Å²) in [7, 11) is 4.01. The van der Waals surface area contributed by atoms with Crippen LogP contribution in [-0.2, 0) is 4.79 Å². The van der Waals surface area contributed by atoms with Crippen molar-refractivity contribution in [2.45, 2.75) is 26.3 Å². The van der Waals surface area contributed by atoms with Crippen molar-refractivity contribution in [3.05, 3.63) is 53.2 Å². The van der Waals surface area contributed by atoms with E-state index < -0.39 is 0 Å². The zero-order chi connectivity index (χ0) is 18.8. The molecule has 0 radical (unpaired) electrons. The number of imide groups is 1. The van der Waals surface area contributed by atoms with Gasteiger partial charge in [-0.25, -0.2) is 0 Å². The summed E-state index contributed by atoms with van der Waals surface area (Å²) in [5.41, 5.74) is 3.00. The molecule has 0 saturated carbocycles. The third kappa shape index (κ3) is 3.42. The Hall–Kier alpha value is -2.47. The van der Waals surface area contributed by atoms with Gasteiger partial charge in [0.25, 0.3) is 11.1 Å². The Balaban J connectivity index is 1.91. The lowest BCUT2D eigenvalue weighted by molar-refractivity contribution is -0.124. The van der Waals surface area contributed by atoms with Crippen molar-refractivity contribution in [1.29, 1.82) is 0 Å². The summed E-state index contributed by atoms with van der Waals surface area (Å²) in [5, 5.41) is -0.191. The van der Waals surface area contributed by atoms with Crippen LogP contribution in [0.25, 0.3) is 11.8 Å². The maximum absolute atomic E-state index is 12.6. The predicted octanol–water partition coefficient (Wildman–Crippen LogP) is 4.38. The number of hydrogen-bond acceptors (Lipinski definition) is 4. The molecule has 0 aliphatic carbocycles. The van der Waals surface area contributed by atoms with Crippen LogP contribution in [0.1, 0.15) is 26.0 Å². The molecule has 2 aromatic rings. The number of benzene rings is 1.